The van der Waals surface area contributed by atoms with Crippen molar-refractivity contribution in [3.8, 4) is 11.5 Å². The Balaban J connectivity index is 1.66. The van der Waals surface area contributed by atoms with Crippen LogP contribution in [0.1, 0.15) is 6.42 Å². The monoisotopic (exact) mass is 264 g/mol. The second-order valence-corrected chi connectivity index (χ2v) is 4.94. The predicted molar refractivity (Wildman–Crippen MR) is 73.1 cm³/mol. The summed E-state index contributed by atoms with van der Waals surface area (Å²) in [7, 11) is 0. The number of nitrogens with zero attached hydrogens (tertiary/aromatic N) is 1. The molecule has 0 spiro atoms. The lowest BCUT2D eigenvalue weighted by atomic mass is 10.2. The molecule has 1 aromatic carbocycles. The molecule has 104 valence electrons. The van der Waals surface area contributed by atoms with Gasteiger partial charge < -0.3 is 24.8 Å². The topological polar surface area (TPSA) is 54.0 Å². The van der Waals surface area contributed by atoms with Crippen LogP contribution in [0.2, 0.25) is 0 Å². The van der Waals surface area contributed by atoms with Gasteiger partial charge in [0.2, 0.25) is 0 Å². The maximum atomic E-state index is 8.84. The van der Waals surface area contributed by atoms with E-state index in [0.29, 0.717) is 25.8 Å². The Kier molecular flexibility index (Phi) is 3.75. The zero-order chi connectivity index (χ0) is 13.1. The van der Waals surface area contributed by atoms with E-state index in [-0.39, 0.29) is 6.61 Å². The summed E-state index contributed by atoms with van der Waals surface area (Å²) in [5, 5.41) is 12.2. The Morgan fingerprint density at radius 2 is 2.11 bits per heavy atom. The van der Waals surface area contributed by atoms with E-state index < -0.39 is 0 Å². The summed E-state index contributed by atoms with van der Waals surface area (Å²) in [5.41, 5.74) is 1.18. The second-order valence-electron chi connectivity index (χ2n) is 4.94. The maximum Gasteiger partial charge on any atom is 0.163 e. The van der Waals surface area contributed by atoms with Crippen molar-refractivity contribution in [1.29, 1.82) is 0 Å². The molecule has 2 heterocycles. The van der Waals surface area contributed by atoms with E-state index in [1.165, 1.54) is 5.69 Å². The Bertz CT molecular complexity index is 439. The Morgan fingerprint density at radius 3 is 2.95 bits per heavy atom. The third kappa shape index (κ3) is 2.77. The van der Waals surface area contributed by atoms with Crippen molar-refractivity contribution in [1.82, 2.24) is 5.32 Å². The van der Waals surface area contributed by atoms with Gasteiger partial charge in [0.1, 0.15) is 13.2 Å². The van der Waals surface area contributed by atoms with Gasteiger partial charge in [-0.3, -0.25) is 0 Å². The van der Waals surface area contributed by atoms with E-state index in [9.17, 15) is 0 Å². The lowest BCUT2D eigenvalue weighted by molar-refractivity contribution is 0.171. The first-order valence-electron chi connectivity index (χ1n) is 6.85. The fourth-order valence-corrected chi connectivity index (χ4v) is 2.66. The van der Waals surface area contributed by atoms with E-state index in [4.69, 9.17) is 14.6 Å². The molecule has 0 saturated carbocycles. The van der Waals surface area contributed by atoms with Gasteiger partial charge in [0.25, 0.3) is 0 Å². The highest BCUT2D eigenvalue weighted by atomic mass is 16.6. The zero-order valence-electron chi connectivity index (χ0n) is 11.0. The number of hydrogen-bond donors (Lipinski definition) is 2. The van der Waals surface area contributed by atoms with E-state index in [2.05, 4.69) is 22.3 Å². The first-order chi connectivity index (χ1) is 9.36. The van der Waals surface area contributed by atoms with Crippen molar-refractivity contribution in [3.63, 3.8) is 0 Å². The quantitative estimate of drug-likeness (QED) is 0.835. The van der Waals surface area contributed by atoms with E-state index in [1.807, 2.05) is 6.07 Å². The zero-order valence-corrected chi connectivity index (χ0v) is 11.0. The molecule has 1 atom stereocenters. The molecule has 1 unspecified atom stereocenters. The number of aliphatic hydroxyl groups excluding tert-OH is 1. The minimum atomic E-state index is 0.195. The summed E-state index contributed by atoms with van der Waals surface area (Å²) < 4.78 is 11.1. The number of anilines is 1. The lowest BCUT2D eigenvalue weighted by Crippen LogP contribution is -2.34. The summed E-state index contributed by atoms with van der Waals surface area (Å²) >= 11 is 0. The average molecular weight is 264 g/mol. The van der Waals surface area contributed by atoms with Crippen LogP contribution in [-0.2, 0) is 0 Å². The molecular formula is C14H20N2O3. The molecule has 0 aliphatic carbocycles. The SMILES string of the molecule is OCCNC1CCN(c2ccc3c(c2)OCCO3)C1. The van der Waals surface area contributed by atoms with Crippen LogP contribution in [0.5, 0.6) is 11.5 Å². The third-order valence-corrected chi connectivity index (χ3v) is 3.62. The van der Waals surface area contributed by atoms with Crippen molar-refractivity contribution in [2.45, 2.75) is 12.5 Å². The first-order valence-corrected chi connectivity index (χ1v) is 6.85. The number of nitrogens with one attached hydrogen (secondary N) is 1. The van der Waals surface area contributed by atoms with Crippen LogP contribution in [-0.4, -0.2) is 50.6 Å². The number of ether oxygens (including phenoxy) is 2. The van der Waals surface area contributed by atoms with Crippen LogP contribution in [0, 0.1) is 0 Å². The van der Waals surface area contributed by atoms with Gasteiger partial charge in [-0.05, 0) is 18.6 Å². The van der Waals surface area contributed by atoms with E-state index in [1.54, 1.807) is 0 Å². The van der Waals surface area contributed by atoms with Crippen LogP contribution < -0.4 is 19.7 Å². The number of rotatable bonds is 4. The van der Waals surface area contributed by atoms with E-state index >= 15 is 0 Å². The van der Waals surface area contributed by atoms with Crippen molar-refractivity contribution < 1.29 is 14.6 Å². The van der Waals surface area contributed by atoms with Crippen LogP contribution in [0.25, 0.3) is 0 Å². The third-order valence-electron chi connectivity index (χ3n) is 3.62. The fraction of sp³-hybridized carbons (Fsp3) is 0.571. The number of fused-ring (bicyclic) bond motifs is 1. The van der Waals surface area contributed by atoms with Gasteiger partial charge in [-0.15, -0.1) is 0 Å². The molecular weight excluding hydrogens is 244 g/mol. The molecule has 1 saturated heterocycles. The second kappa shape index (κ2) is 5.67. The molecule has 1 fully saturated rings. The van der Waals surface area contributed by atoms with Gasteiger partial charge in [0.05, 0.1) is 6.61 Å². The maximum absolute atomic E-state index is 8.84. The average Bonchev–Trinajstić information content (AvgIpc) is 2.93. The highest BCUT2D eigenvalue weighted by Crippen LogP contribution is 2.34. The molecule has 2 aliphatic rings. The van der Waals surface area contributed by atoms with Gasteiger partial charge in [-0.2, -0.15) is 0 Å². The largest absolute Gasteiger partial charge is 0.486 e. The highest BCUT2D eigenvalue weighted by molar-refractivity contribution is 5.57. The van der Waals surface area contributed by atoms with Crippen molar-refractivity contribution in [2.24, 2.45) is 0 Å². The fourth-order valence-electron chi connectivity index (χ4n) is 2.66. The van der Waals surface area contributed by atoms with Crippen LogP contribution in [0.15, 0.2) is 18.2 Å². The predicted octanol–water partition coefficient (Wildman–Crippen LogP) is 0.618. The Labute approximate surface area is 113 Å². The summed E-state index contributed by atoms with van der Waals surface area (Å²) in [5.74, 6) is 1.68. The summed E-state index contributed by atoms with van der Waals surface area (Å²) in [6, 6.07) is 6.59. The van der Waals surface area contributed by atoms with Crippen molar-refractivity contribution >= 4 is 5.69 Å². The molecule has 0 bridgehead atoms. The molecule has 0 radical (unpaired) electrons. The summed E-state index contributed by atoms with van der Waals surface area (Å²) in [6.45, 7) is 4.11. The Hall–Kier alpha value is -1.46. The molecule has 0 amide bonds. The first kappa shape index (κ1) is 12.6. The summed E-state index contributed by atoms with van der Waals surface area (Å²) in [6.07, 6.45) is 1.11. The van der Waals surface area contributed by atoms with Gasteiger partial charge >= 0.3 is 0 Å². The molecule has 0 aromatic heterocycles. The van der Waals surface area contributed by atoms with Gasteiger partial charge in [-0.1, -0.05) is 0 Å². The highest BCUT2D eigenvalue weighted by Gasteiger charge is 2.23. The molecule has 5 nitrogen and oxygen atoms in total. The molecule has 2 aliphatic heterocycles. The minimum absolute atomic E-state index is 0.195. The van der Waals surface area contributed by atoms with Crippen LogP contribution in [0.3, 0.4) is 0 Å². The van der Waals surface area contributed by atoms with Crippen LogP contribution >= 0.6 is 0 Å². The Morgan fingerprint density at radius 1 is 1.26 bits per heavy atom. The lowest BCUT2D eigenvalue weighted by Gasteiger charge is -2.23. The van der Waals surface area contributed by atoms with Gasteiger partial charge in [0.15, 0.2) is 11.5 Å². The normalized spacial score (nSPS) is 21.7. The van der Waals surface area contributed by atoms with E-state index in [0.717, 1.165) is 31.0 Å². The van der Waals surface area contributed by atoms with Gasteiger partial charge in [0, 0.05) is 37.4 Å². The van der Waals surface area contributed by atoms with Crippen molar-refractivity contribution in [2.75, 3.05) is 44.4 Å². The number of aliphatic hydroxyl groups is 1. The molecule has 2 N–H and O–H groups in total. The molecule has 5 heteroatoms. The standard InChI is InChI=1S/C14H20N2O3/c17-6-4-15-11-3-5-16(10-11)12-1-2-13-14(9-12)19-8-7-18-13/h1-2,9,11,15,17H,3-8,10H2. The number of benzene rings is 1. The molecule has 1 aromatic rings. The number of hydrogen-bond acceptors (Lipinski definition) is 5. The van der Waals surface area contributed by atoms with Gasteiger partial charge in [-0.25, -0.2) is 0 Å². The van der Waals surface area contributed by atoms with Crippen LogP contribution in [0.4, 0.5) is 5.69 Å². The minimum Gasteiger partial charge on any atom is -0.486 e. The molecule has 19 heavy (non-hydrogen) atoms. The smallest absolute Gasteiger partial charge is 0.163 e. The van der Waals surface area contributed by atoms with Crippen molar-refractivity contribution in [3.05, 3.63) is 18.2 Å². The molecule has 3 rings (SSSR count). The summed E-state index contributed by atoms with van der Waals surface area (Å²) in [4.78, 5) is 2.34.